The molecule has 0 atom stereocenters. The second-order valence-corrected chi connectivity index (χ2v) is 9.35. The summed E-state index contributed by atoms with van der Waals surface area (Å²) in [6, 6.07) is 17.0. The Morgan fingerprint density at radius 2 is 1.73 bits per heavy atom. The van der Waals surface area contributed by atoms with Crippen molar-refractivity contribution < 1.29 is 19.1 Å². The van der Waals surface area contributed by atoms with Gasteiger partial charge in [0.15, 0.2) is 5.13 Å². The largest absolute Gasteiger partial charge is 0.480 e. The summed E-state index contributed by atoms with van der Waals surface area (Å²) in [5, 5.41) is 15.7. The van der Waals surface area contributed by atoms with E-state index in [0.717, 1.165) is 27.0 Å². The number of carbonyl (C=O) groups is 2. The third-order valence-electron chi connectivity index (χ3n) is 4.99. The van der Waals surface area contributed by atoms with Crippen LogP contribution in [0.4, 0.5) is 15.2 Å². The highest BCUT2D eigenvalue weighted by Gasteiger charge is 2.30. The number of hydrogen-bond acceptors (Lipinski definition) is 5. The molecule has 9 heteroatoms. The van der Waals surface area contributed by atoms with Crippen molar-refractivity contribution in [3.63, 3.8) is 0 Å². The monoisotopic (exact) mass is 483 g/mol. The van der Waals surface area contributed by atoms with Gasteiger partial charge in [-0.2, -0.15) is 0 Å². The Kier molecular flexibility index (Phi) is 6.05. The number of halogens is 2. The number of amides is 1. The van der Waals surface area contributed by atoms with Crippen molar-refractivity contribution in [1.29, 1.82) is 0 Å². The Labute approximate surface area is 198 Å². The van der Waals surface area contributed by atoms with Gasteiger partial charge in [0.25, 0.3) is 5.91 Å². The Hall–Kier alpha value is -3.49. The minimum absolute atomic E-state index is 0.195. The Morgan fingerprint density at radius 3 is 2.39 bits per heavy atom. The molecule has 0 saturated carbocycles. The van der Waals surface area contributed by atoms with Crippen LogP contribution in [0.3, 0.4) is 0 Å². The first-order valence-electron chi connectivity index (χ1n) is 9.91. The van der Waals surface area contributed by atoms with Gasteiger partial charge in [-0.3, -0.25) is 4.79 Å². The fourth-order valence-corrected chi connectivity index (χ4v) is 4.28. The molecule has 0 aliphatic heterocycles. The molecule has 1 aromatic heterocycles. The van der Waals surface area contributed by atoms with Crippen molar-refractivity contribution in [2.45, 2.75) is 19.4 Å². The van der Waals surface area contributed by atoms with Crippen LogP contribution >= 0.6 is 22.9 Å². The fraction of sp³-hybridized carbons (Fsp3) is 0.125. The molecular formula is C24H19ClFN3O3S. The number of aliphatic carboxylic acids is 1. The number of hydrogen-bond donors (Lipinski definition) is 3. The second kappa shape index (κ2) is 8.80. The lowest BCUT2D eigenvalue weighted by Crippen LogP contribution is -2.49. The number of rotatable bonds is 6. The van der Waals surface area contributed by atoms with E-state index in [0.29, 0.717) is 5.13 Å². The molecule has 0 spiro atoms. The minimum atomic E-state index is -1.42. The van der Waals surface area contributed by atoms with Crippen LogP contribution in [0.2, 0.25) is 5.02 Å². The third-order valence-corrected chi connectivity index (χ3v) is 6.24. The number of carboxylic acids is 1. The average molecular weight is 484 g/mol. The fourth-order valence-electron chi connectivity index (χ4n) is 3.10. The zero-order valence-electron chi connectivity index (χ0n) is 17.6. The topological polar surface area (TPSA) is 91.3 Å². The van der Waals surface area contributed by atoms with Crippen molar-refractivity contribution in [2.24, 2.45) is 0 Å². The first-order valence-corrected chi connectivity index (χ1v) is 11.1. The second-order valence-electron chi connectivity index (χ2n) is 7.91. The molecule has 33 heavy (non-hydrogen) atoms. The molecule has 168 valence electrons. The molecule has 3 N–H and O–H groups in total. The van der Waals surface area contributed by atoms with Gasteiger partial charge in [0.2, 0.25) is 0 Å². The maximum Gasteiger partial charge on any atom is 0.328 e. The lowest BCUT2D eigenvalue weighted by Gasteiger charge is -2.21. The number of anilines is 2. The molecule has 0 bridgehead atoms. The molecule has 6 nitrogen and oxygen atoms in total. The number of fused-ring (bicyclic) bond motifs is 1. The van der Waals surface area contributed by atoms with E-state index in [-0.39, 0.29) is 16.4 Å². The highest BCUT2D eigenvalue weighted by Crippen LogP contribution is 2.31. The zero-order valence-corrected chi connectivity index (χ0v) is 19.2. The van der Waals surface area contributed by atoms with Crippen molar-refractivity contribution in [3.05, 3.63) is 77.1 Å². The summed E-state index contributed by atoms with van der Waals surface area (Å²) in [6.45, 7) is 2.80. The summed E-state index contributed by atoms with van der Waals surface area (Å²) < 4.78 is 14.1. The van der Waals surface area contributed by atoms with Gasteiger partial charge in [0.1, 0.15) is 11.4 Å². The van der Waals surface area contributed by atoms with E-state index in [1.807, 2.05) is 24.3 Å². The van der Waals surface area contributed by atoms with E-state index in [2.05, 4.69) is 15.6 Å². The molecule has 0 radical (unpaired) electrons. The summed E-state index contributed by atoms with van der Waals surface area (Å²) >= 11 is 7.68. The van der Waals surface area contributed by atoms with Crippen LogP contribution in [-0.4, -0.2) is 27.5 Å². The van der Waals surface area contributed by atoms with Crippen LogP contribution in [0.1, 0.15) is 24.2 Å². The van der Waals surface area contributed by atoms with E-state index in [1.165, 1.54) is 37.3 Å². The standard InChI is InChI=1S/C24H19ClFN3O3S/c1-24(2,22(31)32)29-21(30)17-9-5-14(11-18(17)25)13-3-7-16(8-4-13)27-23-28-19-10-6-15(26)12-20(19)33-23/h3-12H,1-2H3,(H,27,28)(H,29,30)(H,31,32). The van der Waals surface area contributed by atoms with Crippen molar-refractivity contribution in [3.8, 4) is 11.1 Å². The van der Waals surface area contributed by atoms with Crippen LogP contribution in [0.25, 0.3) is 21.3 Å². The Balaban J connectivity index is 1.49. The van der Waals surface area contributed by atoms with Gasteiger partial charge in [-0.1, -0.05) is 41.1 Å². The van der Waals surface area contributed by atoms with E-state index in [4.69, 9.17) is 11.6 Å². The van der Waals surface area contributed by atoms with Gasteiger partial charge in [0, 0.05) is 5.69 Å². The SMILES string of the molecule is CC(C)(NC(=O)c1ccc(-c2ccc(Nc3nc4ccc(F)cc4s3)cc2)cc1Cl)C(=O)O. The van der Waals surface area contributed by atoms with Crippen molar-refractivity contribution in [1.82, 2.24) is 10.3 Å². The van der Waals surface area contributed by atoms with E-state index >= 15 is 0 Å². The molecule has 0 fully saturated rings. The third kappa shape index (κ3) is 4.97. The number of aromatic nitrogens is 1. The number of nitrogens with one attached hydrogen (secondary N) is 2. The van der Waals surface area contributed by atoms with Crippen molar-refractivity contribution >= 4 is 55.8 Å². The lowest BCUT2D eigenvalue weighted by molar-refractivity contribution is -0.143. The number of benzene rings is 3. The molecule has 0 unspecified atom stereocenters. The molecule has 0 saturated heterocycles. The lowest BCUT2D eigenvalue weighted by atomic mass is 10.0. The molecule has 0 aliphatic carbocycles. The zero-order chi connectivity index (χ0) is 23.8. The van der Waals surface area contributed by atoms with Gasteiger partial charge in [-0.25, -0.2) is 14.2 Å². The number of carboxylic acid groups (broad SMARTS) is 1. The number of thiazole rings is 1. The summed E-state index contributed by atoms with van der Waals surface area (Å²) in [6.07, 6.45) is 0. The van der Waals surface area contributed by atoms with Gasteiger partial charge in [-0.05, 0) is 67.4 Å². The van der Waals surface area contributed by atoms with Gasteiger partial charge < -0.3 is 15.7 Å². The maximum atomic E-state index is 13.4. The molecule has 4 aromatic rings. The van der Waals surface area contributed by atoms with Crippen LogP contribution in [0, 0.1) is 5.82 Å². The quantitative estimate of drug-likeness (QED) is 0.308. The Bertz CT molecular complexity index is 1370. The van der Waals surface area contributed by atoms with E-state index in [9.17, 15) is 19.1 Å². The number of nitrogens with zero attached hydrogens (tertiary/aromatic N) is 1. The van der Waals surface area contributed by atoms with Crippen LogP contribution < -0.4 is 10.6 Å². The van der Waals surface area contributed by atoms with Gasteiger partial charge in [0.05, 0.1) is 20.8 Å². The normalized spacial score (nSPS) is 11.4. The van der Waals surface area contributed by atoms with Gasteiger partial charge >= 0.3 is 5.97 Å². The molecule has 3 aromatic carbocycles. The van der Waals surface area contributed by atoms with Crippen LogP contribution in [0.5, 0.6) is 0 Å². The average Bonchev–Trinajstić information content (AvgIpc) is 3.15. The Morgan fingerprint density at radius 1 is 1.03 bits per heavy atom. The first-order chi connectivity index (χ1) is 15.6. The highest BCUT2D eigenvalue weighted by atomic mass is 35.5. The first kappa shape index (κ1) is 22.7. The molecular weight excluding hydrogens is 465 g/mol. The van der Waals surface area contributed by atoms with Crippen LogP contribution in [-0.2, 0) is 4.79 Å². The molecule has 1 amide bonds. The van der Waals surface area contributed by atoms with E-state index in [1.54, 1.807) is 24.3 Å². The summed E-state index contributed by atoms with van der Waals surface area (Å²) in [4.78, 5) is 28.1. The molecule has 4 rings (SSSR count). The molecule has 1 heterocycles. The summed E-state index contributed by atoms with van der Waals surface area (Å²) in [7, 11) is 0. The predicted octanol–water partition coefficient (Wildman–Crippen LogP) is 6.09. The predicted molar refractivity (Wildman–Crippen MR) is 129 cm³/mol. The number of carbonyl (C=O) groups excluding carboxylic acids is 1. The van der Waals surface area contributed by atoms with Gasteiger partial charge in [-0.15, -0.1) is 0 Å². The van der Waals surface area contributed by atoms with Crippen molar-refractivity contribution in [2.75, 3.05) is 5.32 Å². The van der Waals surface area contributed by atoms with Crippen LogP contribution in [0.15, 0.2) is 60.7 Å². The molecule has 0 aliphatic rings. The van der Waals surface area contributed by atoms with E-state index < -0.39 is 17.4 Å². The smallest absolute Gasteiger partial charge is 0.328 e. The summed E-state index contributed by atoms with van der Waals surface area (Å²) in [5.74, 6) is -2.00. The summed E-state index contributed by atoms with van der Waals surface area (Å²) in [5.41, 5.74) is 2.00. The minimum Gasteiger partial charge on any atom is -0.480 e. The maximum absolute atomic E-state index is 13.4. The highest BCUT2D eigenvalue weighted by molar-refractivity contribution is 7.22.